The number of amides is 1. The Kier molecular flexibility index (Phi) is 3.68. The Balaban J connectivity index is 1.48. The van der Waals surface area contributed by atoms with Crippen molar-refractivity contribution in [3.05, 3.63) is 41.4 Å². The molecule has 1 aliphatic carbocycles. The summed E-state index contributed by atoms with van der Waals surface area (Å²) in [6, 6.07) is 3.93. The maximum atomic E-state index is 12.1. The second kappa shape index (κ2) is 5.74. The Morgan fingerprint density at radius 1 is 1.33 bits per heavy atom. The molecule has 0 spiro atoms. The molecule has 0 radical (unpaired) electrons. The van der Waals surface area contributed by atoms with E-state index in [1.54, 1.807) is 12.4 Å². The van der Waals surface area contributed by atoms with Crippen molar-refractivity contribution in [1.82, 2.24) is 15.3 Å². The third kappa shape index (κ3) is 2.84. The molecule has 1 amide bonds. The number of rotatable bonds is 4. The highest BCUT2D eigenvalue weighted by molar-refractivity contribution is 6.32. The molecule has 1 fully saturated rings. The Hall–Kier alpha value is -2.14. The van der Waals surface area contributed by atoms with E-state index in [4.69, 9.17) is 16.3 Å². The molecule has 4 rings (SSSR count). The van der Waals surface area contributed by atoms with Crippen molar-refractivity contribution < 1.29 is 9.53 Å². The highest BCUT2D eigenvalue weighted by atomic mass is 35.5. The number of benzene rings is 1. The van der Waals surface area contributed by atoms with Gasteiger partial charge >= 0.3 is 0 Å². The van der Waals surface area contributed by atoms with Crippen LogP contribution in [0.4, 0.5) is 0 Å². The van der Waals surface area contributed by atoms with Crippen molar-refractivity contribution in [2.75, 3.05) is 6.54 Å². The molecule has 2 aromatic rings. The lowest BCUT2D eigenvalue weighted by Crippen LogP contribution is -2.38. The monoisotopic (exact) mass is 343 g/mol. The molecule has 124 valence electrons. The zero-order chi connectivity index (χ0) is 16.7. The topological polar surface area (TPSA) is 64.1 Å². The van der Waals surface area contributed by atoms with E-state index in [1.165, 1.54) is 6.33 Å². The van der Waals surface area contributed by atoms with Gasteiger partial charge in [-0.15, -0.1) is 0 Å². The van der Waals surface area contributed by atoms with Crippen molar-refractivity contribution in [1.29, 1.82) is 0 Å². The van der Waals surface area contributed by atoms with Gasteiger partial charge in [-0.2, -0.15) is 0 Å². The summed E-state index contributed by atoms with van der Waals surface area (Å²) < 4.78 is 5.93. The summed E-state index contributed by atoms with van der Waals surface area (Å²) in [5, 5.41) is 3.58. The van der Waals surface area contributed by atoms with Crippen LogP contribution in [0.15, 0.2) is 30.9 Å². The molecule has 0 unspecified atom stereocenters. The predicted octanol–water partition coefficient (Wildman–Crippen LogP) is 3.02. The minimum Gasteiger partial charge on any atom is -0.486 e. The average Bonchev–Trinajstić information content (AvgIpc) is 3.20. The van der Waals surface area contributed by atoms with Gasteiger partial charge in [0.2, 0.25) is 5.91 Å². The van der Waals surface area contributed by atoms with Gasteiger partial charge in [-0.3, -0.25) is 4.79 Å². The molecule has 0 bridgehead atoms. The summed E-state index contributed by atoms with van der Waals surface area (Å²) in [4.78, 5) is 20.1. The van der Waals surface area contributed by atoms with Crippen molar-refractivity contribution in [2.45, 2.75) is 32.3 Å². The van der Waals surface area contributed by atoms with E-state index in [0.717, 1.165) is 36.0 Å². The average molecular weight is 344 g/mol. The highest BCUT2D eigenvalue weighted by Crippen LogP contribution is 2.45. The third-order valence-corrected chi connectivity index (χ3v) is 5.07. The second-order valence-electron chi connectivity index (χ2n) is 6.79. The second-order valence-corrected chi connectivity index (χ2v) is 7.20. The SMILES string of the molecule is CC1(C(=O)NC[C@@H]2Cc3cc(-c4cncnc4)cc(Cl)c3O2)CC1. The van der Waals surface area contributed by atoms with Gasteiger partial charge in [0.05, 0.1) is 11.6 Å². The van der Waals surface area contributed by atoms with Gasteiger partial charge in [-0.05, 0) is 30.5 Å². The fourth-order valence-electron chi connectivity index (χ4n) is 2.95. The molecule has 24 heavy (non-hydrogen) atoms. The number of carbonyl (C=O) groups is 1. The van der Waals surface area contributed by atoms with Crippen LogP contribution in [0.25, 0.3) is 11.1 Å². The van der Waals surface area contributed by atoms with Gasteiger partial charge in [0, 0.05) is 35.4 Å². The standard InChI is InChI=1S/C18H18ClN3O2/c1-18(2-3-18)17(23)22-9-14-5-12-4-11(6-15(19)16(12)24-14)13-7-20-10-21-8-13/h4,6-8,10,14H,2-3,5,9H2,1H3,(H,22,23)/t14-/m0/s1. The van der Waals surface area contributed by atoms with Gasteiger partial charge in [-0.1, -0.05) is 18.5 Å². The van der Waals surface area contributed by atoms with Crippen LogP contribution in [0, 0.1) is 5.41 Å². The van der Waals surface area contributed by atoms with E-state index in [0.29, 0.717) is 17.3 Å². The summed E-state index contributed by atoms with van der Waals surface area (Å²) >= 11 is 6.38. The molecular formula is C18H18ClN3O2. The van der Waals surface area contributed by atoms with Crippen molar-refractivity contribution in [2.24, 2.45) is 5.41 Å². The first kappa shape index (κ1) is 15.4. The number of nitrogens with one attached hydrogen (secondary N) is 1. The molecular weight excluding hydrogens is 326 g/mol. The number of halogens is 1. The fraction of sp³-hybridized carbons (Fsp3) is 0.389. The molecule has 1 aromatic carbocycles. The largest absolute Gasteiger partial charge is 0.486 e. The summed E-state index contributed by atoms with van der Waals surface area (Å²) in [5.41, 5.74) is 2.78. The summed E-state index contributed by atoms with van der Waals surface area (Å²) in [6.07, 6.45) is 7.61. The number of ether oxygens (including phenoxy) is 1. The van der Waals surface area contributed by atoms with Crippen molar-refractivity contribution in [3.63, 3.8) is 0 Å². The van der Waals surface area contributed by atoms with Crippen molar-refractivity contribution >= 4 is 17.5 Å². The summed E-state index contributed by atoms with van der Waals surface area (Å²) in [6.45, 7) is 2.50. The molecule has 2 aliphatic rings. The minimum atomic E-state index is -0.163. The summed E-state index contributed by atoms with van der Waals surface area (Å²) in [5.74, 6) is 0.837. The number of nitrogens with zero attached hydrogens (tertiary/aromatic N) is 2. The lowest BCUT2D eigenvalue weighted by Gasteiger charge is -2.14. The maximum absolute atomic E-state index is 12.1. The van der Waals surface area contributed by atoms with E-state index in [-0.39, 0.29) is 17.4 Å². The number of hydrogen-bond donors (Lipinski definition) is 1. The fourth-order valence-corrected chi connectivity index (χ4v) is 3.23. The van der Waals surface area contributed by atoms with Gasteiger partial charge in [0.15, 0.2) is 0 Å². The van der Waals surface area contributed by atoms with E-state index in [9.17, 15) is 4.79 Å². The van der Waals surface area contributed by atoms with E-state index in [1.807, 2.05) is 13.0 Å². The van der Waals surface area contributed by atoms with Crippen LogP contribution in [-0.4, -0.2) is 28.5 Å². The van der Waals surface area contributed by atoms with Gasteiger partial charge < -0.3 is 10.1 Å². The summed E-state index contributed by atoms with van der Waals surface area (Å²) in [7, 11) is 0. The third-order valence-electron chi connectivity index (χ3n) is 4.79. The Morgan fingerprint density at radius 3 is 2.79 bits per heavy atom. The Labute approximate surface area is 145 Å². The van der Waals surface area contributed by atoms with Crippen LogP contribution in [0.5, 0.6) is 5.75 Å². The number of hydrogen-bond acceptors (Lipinski definition) is 4. The predicted molar refractivity (Wildman–Crippen MR) is 90.9 cm³/mol. The zero-order valence-corrected chi connectivity index (χ0v) is 14.1. The first-order valence-corrected chi connectivity index (χ1v) is 8.46. The van der Waals surface area contributed by atoms with Gasteiger partial charge in [0.25, 0.3) is 0 Å². The molecule has 6 heteroatoms. The molecule has 0 saturated heterocycles. The smallest absolute Gasteiger partial charge is 0.226 e. The molecule has 1 aromatic heterocycles. The number of carbonyl (C=O) groups excluding carboxylic acids is 1. The number of fused-ring (bicyclic) bond motifs is 1. The maximum Gasteiger partial charge on any atom is 0.226 e. The number of aromatic nitrogens is 2. The van der Waals surface area contributed by atoms with Crippen LogP contribution in [0.1, 0.15) is 25.3 Å². The highest BCUT2D eigenvalue weighted by Gasteiger charge is 2.45. The molecule has 1 aliphatic heterocycles. The first-order chi connectivity index (χ1) is 11.5. The lowest BCUT2D eigenvalue weighted by atomic mass is 10.0. The van der Waals surface area contributed by atoms with Crippen molar-refractivity contribution in [3.8, 4) is 16.9 Å². The van der Waals surface area contributed by atoms with Crippen LogP contribution < -0.4 is 10.1 Å². The van der Waals surface area contributed by atoms with Crippen LogP contribution >= 0.6 is 11.6 Å². The van der Waals surface area contributed by atoms with E-state index < -0.39 is 0 Å². The molecule has 1 N–H and O–H groups in total. The molecule has 2 heterocycles. The Bertz CT molecular complexity index is 790. The minimum absolute atomic E-state index is 0.0777. The van der Waals surface area contributed by atoms with E-state index in [2.05, 4.69) is 21.4 Å². The van der Waals surface area contributed by atoms with Crippen LogP contribution in [-0.2, 0) is 11.2 Å². The van der Waals surface area contributed by atoms with Gasteiger partial charge in [-0.25, -0.2) is 9.97 Å². The van der Waals surface area contributed by atoms with Crippen LogP contribution in [0.3, 0.4) is 0 Å². The quantitative estimate of drug-likeness (QED) is 0.926. The normalized spacial score (nSPS) is 20.2. The molecule has 1 saturated carbocycles. The Morgan fingerprint density at radius 2 is 2.08 bits per heavy atom. The molecule has 1 atom stereocenters. The lowest BCUT2D eigenvalue weighted by molar-refractivity contribution is -0.126. The van der Waals surface area contributed by atoms with Crippen LogP contribution in [0.2, 0.25) is 5.02 Å². The zero-order valence-electron chi connectivity index (χ0n) is 13.4. The van der Waals surface area contributed by atoms with Gasteiger partial charge in [0.1, 0.15) is 18.2 Å². The molecule has 5 nitrogen and oxygen atoms in total. The first-order valence-electron chi connectivity index (χ1n) is 8.08. The van der Waals surface area contributed by atoms with E-state index >= 15 is 0 Å².